The van der Waals surface area contributed by atoms with E-state index in [0.717, 1.165) is 23.3 Å². The number of halogens is 1. The maximum atomic E-state index is 11.0. The Labute approximate surface area is 102 Å². The zero-order valence-electron chi connectivity index (χ0n) is 9.92. The molecule has 0 aromatic heterocycles. The van der Waals surface area contributed by atoms with Gasteiger partial charge in [-0.15, -0.1) is 0 Å². The molecule has 0 fully saturated rings. The van der Waals surface area contributed by atoms with Gasteiger partial charge in [0.2, 0.25) is 5.24 Å². The van der Waals surface area contributed by atoms with Crippen LogP contribution in [0.1, 0.15) is 36.8 Å². The molecule has 88 valence electrons. The van der Waals surface area contributed by atoms with E-state index >= 15 is 0 Å². The summed E-state index contributed by atoms with van der Waals surface area (Å²) in [6.45, 7) is 4.07. The van der Waals surface area contributed by atoms with Crippen LogP contribution in [0.4, 0.5) is 0 Å². The lowest BCUT2D eigenvalue weighted by atomic mass is 9.92. The van der Waals surface area contributed by atoms with Gasteiger partial charge in [-0.1, -0.05) is 24.6 Å². The fourth-order valence-corrected chi connectivity index (χ4v) is 2.03. The zero-order chi connectivity index (χ0) is 12.1. The van der Waals surface area contributed by atoms with Crippen molar-refractivity contribution in [1.29, 1.82) is 0 Å². The Morgan fingerprint density at radius 1 is 1.50 bits per heavy atom. The van der Waals surface area contributed by atoms with Gasteiger partial charge in [0.1, 0.15) is 5.75 Å². The second kappa shape index (κ2) is 5.90. The van der Waals surface area contributed by atoms with Crippen LogP contribution in [-0.2, 0) is 4.79 Å². The fourth-order valence-electron chi connectivity index (χ4n) is 1.84. The Morgan fingerprint density at radius 2 is 2.19 bits per heavy atom. The van der Waals surface area contributed by atoms with Crippen LogP contribution >= 0.6 is 11.6 Å². The molecule has 0 aliphatic carbocycles. The third kappa shape index (κ3) is 3.24. The molecule has 1 aromatic rings. The highest BCUT2D eigenvalue weighted by Gasteiger charge is 2.17. The van der Waals surface area contributed by atoms with Crippen molar-refractivity contribution >= 4 is 16.8 Å². The van der Waals surface area contributed by atoms with Gasteiger partial charge in [0.25, 0.3) is 0 Å². The predicted molar refractivity (Wildman–Crippen MR) is 66.2 cm³/mol. The number of carbonyl (C=O) groups is 1. The minimum Gasteiger partial charge on any atom is -0.496 e. The van der Waals surface area contributed by atoms with Gasteiger partial charge < -0.3 is 4.74 Å². The van der Waals surface area contributed by atoms with E-state index in [1.807, 2.05) is 26.0 Å². The predicted octanol–water partition coefficient (Wildman–Crippen LogP) is 3.65. The number of methoxy groups -OCH3 is 1. The standard InChI is InChI=1S/C13H17ClO2/c1-4-10(8-13(14)15)11-7-9(2)5-6-12(11)16-3/h5-7,10H,4,8H2,1-3H3. The number of benzene rings is 1. The Morgan fingerprint density at radius 3 is 2.69 bits per heavy atom. The van der Waals surface area contributed by atoms with Gasteiger partial charge in [-0.3, -0.25) is 4.79 Å². The molecule has 0 aliphatic heterocycles. The Bertz CT molecular complexity index is 374. The third-order valence-electron chi connectivity index (χ3n) is 2.72. The second-order valence-corrected chi connectivity index (χ2v) is 4.33. The summed E-state index contributed by atoms with van der Waals surface area (Å²) in [6, 6.07) is 6.00. The second-order valence-electron chi connectivity index (χ2n) is 3.91. The van der Waals surface area contributed by atoms with E-state index in [1.54, 1.807) is 7.11 Å². The van der Waals surface area contributed by atoms with Crippen LogP contribution in [-0.4, -0.2) is 12.4 Å². The number of hydrogen-bond acceptors (Lipinski definition) is 2. The first-order valence-electron chi connectivity index (χ1n) is 5.41. The van der Waals surface area contributed by atoms with Crippen molar-refractivity contribution in [1.82, 2.24) is 0 Å². The lowest BCUT2D eigenvalue weighted by molar-refractivity contribution is -0.112. The molecule has 1 unspecified atom stereocenters. The summed E-state index contributed by atoms with van der Waals surface area (Å²) in [4.78, 5) is 11.0. The summed E-state index contributed by atoms with van der Waals surface area (Å²) in [5.74, 6) is 0.968. The molecule has 0 bridgehead atoms. The average molecular weight is 241 g/mol. The van der Waals surface area contributed by atoms with E-state index in [9.17, 15) is 4.79 Å². The molecule has 0 spiro atoms. The number of aryl methyl sites for hydroxylation is 1. The quantitative estimate of drug-likeness (QED) is 0.735. The monoisotopic (exact) mass is 240 g/mol. The molecule has 1 atom stereocenters. The van der Waals surface area contributed by atoms with Gasteiger partial charge >= 0.3 is 0 Å². The van der Waals surface area contributed by atoms with E-state index in [-0.39, 0.29) is 11.2 Å². The maximum absolute atomic E-state index is 11.0. The summed E-state index contributed by atoms with van der Waals surface area (Å²) in [5, 5.41) is -0.296. The molecular weight excluding hydrogens is 224 g/mol. The van der Waals surface area contributed by atoms with Gasteiger partial charge in [0.05, 0.1) is 7.11 Å². The fraction of sp³-hybridized carbons (Fsp3) is 0.462. The highest BCUT2D eigenvalue weighted by molar-refractivity contribution is 6.63. The molecule has 1 rings (SSSR count). The Kier molecular flexibility index (Phi) is 4.81. The van der Waals surface area contributed by atoms with Crippen LogP contribution in [0.25, 0.3) is 0 Å². The van der Waals surface area contributed by atoms with Crippen molar-refractivity contribution in [3.63, 3.8) is 0 Å². The van der Waals surface area contributed by atoms with E-state index < -0.39 is 0 Å². The molecule has 1 aromatic carbocycles. The van der Waals surface area contributed by atoms with Crippen LogP contribution in [0.2, 0.25) is 0 Å². The molecule has 0 N–H and O–H groups in total. The van der Waals surface area contributed by atoms with E-state index in [4.69, 9.17) is 16.3 Å². The first-order chi connectivity index (χ1) is 7.58. The molecule has 0 saturated heterocycles. The Balaban J connectivity index is 3.06. The first-order valence-corrected chi connectivity index (χ1v) is 5.79. The number of hydrogen-bond donors (Lipinski definition) is 0. The lowest BCUT2D eigenvalue weighted by Gasteiger charge is -2.17. The molecule has 0 radical (unpaired) electrons. The molecule has 3 heteroatoms. The van der Waals surface area contributed by atoms with Crippen molar-refractivity contribution < 1.29 is 9.53 Å². The van der Waals surface area contributed by atoms with Crippen molar-refractivity contribution in [3.05, 3.63) is 29.3 Å². The summed E-state index contributed by atoms with van der Waals surface area (Å²) >= 11 is 5.46. The van der Waals surface area contributed by atoms with Crippen LogP contribution in [0.5, 0.6) is 5.75 Å². The van der Waals surface area contributed by atoms with Crippen molar-refractivity contribution in [2.75, 3.05) is 7.11 Å². The van der Waals surface area contributed by atoms with Crippen LogP contribution in [0.15, 0.2) is 18.2 Å². The SMILES string of the molecule is CCC(CC(=O)Cl)c1cc(C)ccc1OC. The summed E-state index contributed by atoms with van der Waals surface area (Å²) in [7, 11) is 1.64. The minimum absolute atomic E-state index is 0.139. The largest absolute Gasteiger partial charge is 0.496 e. The lowest BCUT2D eigenvalue weighted by Crippen LogP contribution is -2.04. The molecular formula is C13H17ClO2. The van der Waals surface area contributed by atoms with Gasteiger partial charge in [0.15, 0.2) is 0 Å². The first kappa shape index (κ1) is 13.0. The highest BCUT2D eigenvalue weighted by atomic mass is 35.5. The summed E-state index contributed by atoms with van der Waals surface area (Å²) < 4.78 is 5.31. The van der Waals surface area contributed by atoms with E-state index in [1.165, 1.54) is 0 Å². The van der Waals surface area contributed by atoms with Crippen molar-refractivity contribution in [3.8, 4) is 5.75 Å². The van der Waals surface area contributed by atoms with Crippen LogP contribution < -0.4 is 4.74 Å². The van der Waals surface area contributed by atoms with Crippen molar-refractivity contribution in [2.45, 2.75) is 32.6 Å². The molecule has 2 nitrogen and oxygen atoms in total. The number of rotatable bonds is 5. The highest BCUT2D eigenvalue weighted by Crippen LogP contribution is 2.32. The maximum Gasteiger partial charge on any atom is 0.222 e. The number of carbonyl (C=O) groups excluding carboxylic acids is 1. The molecule has 0 amide bonds. The Hall–Kier alpha value is -1.02. The number of ether oxygens (including phenoxy) is 1. The van der Waals surface area contributed by atoms with E-state index in [2.05, 4.69) is 6.07 Å². The van der Waals surface area contributed by atoms with Crippen molar-refractivity contribution in [2.24, 2.45) is 0 Å². The molecule has 0 saturated carbocycles. The third-order valence-corrected chi connectivity index (χ3v) is 2.88. The zero-order valence-corrected chi connectivity index (χ0v) is 10.7. The van der Waals surface area contributed by atoms with Gasteiger partial charge in [0, 0.05) is 6.42 Å². The topological polar surface area (TPSA) is 26.3 Å². The smallest absolute Gasteiger partial charge is 0.222 e. The van der Waals surface area contributed by atoms with Crippen LogP contribution in [0, 0.1) is 6.92 Å². The van der Waals surface area contributed by atoms with E-state index in [0.29, 0.717) is 6.42 Å². The van der Waals surface area contributed by atoms with Gasteiger partial charge in [-0.05, 0) is 42.5 Å². The summed E-state index contributed by atoms with van der Waals surface area (Å²) in [6.07, 6.45) is 1.23. The average Bonchev–Trinajstić information content (AvgIpc) is 2.25. The molecule has 0 heterocycles. The molecule has 0 aliphatic rings. The summed E-state index contributed by atoms with van der Waals surface area (Å²) in [5.41, 5.74) is 2.23. The normalized spacial score (nSPS) is 12.2. The van der Waals surface area contributed by atoms with Gasteiger partial charge in [-0.2, -0.15) is 0 Å². The van der Waals surface area contributed by atoms with Crippen LogP contribution in [0.3, 0.4) is 0 Å². The molecule has 16 heavy (non-hydrogen) atoms. The van der Waals surface area contributed by atoms with Gasteiger partial charge in [-0.25, -0.2) is 0 Å². The minimum atomic E-state index is -0.296.